The first kappa shape index (κ1) is 17.0. The number of amides is 1. The summed E-state index contributed by atoms with van der Waals surface area (Å²) in [5.74, 6) is 2.65. The first-order valence-corrected chi connectivity index (χ1v) is 9.83. The molecule has 6 nitrogen and oxygen atoms in total. The third-order valence-corrected chi connectivity index (χ3v) is 5.52. The lowest BCUT2D eigenvalue weighted by molar-refractivity contribution is -0.120. The summed E-state index contributed by atoms with van der Waals surface area (Å²) in [6.45, 7) is 1.73. The van der Waals surface area contributed by atoms with Gasteiger partial charge < -0.3 is 14.2 Å². The maximum atomic E-state index is 12.6. The number of hydrogen-bond donors (Lipinski definition) is 0. The van der Waals surface area contributed by atoms with E-state index in [0.29, 0.717) is 5.75 Å². The predicted molar refractivity (Wildman–Crippen MR) is 106 cm³/mol. The van der Waals surface area contributed by atoms with Gasteiger partial charge in [-0.2, -0.15) is 0 Å². The Hall–Kier alpha value is -3.15. The number of aromatic nitrogens is 3. The average molecular weight is 374 g/mol. The molecule has 0 N–H and O–H groups in total. The van der Waals surface area contributed by atoms with E-state index in [-0.39, 0.29) is 12.5 Å². The summed E-state index contributed by atoms with van der Waals surface area (Å²) in [7, 11) is 0. The number of ether oxygens (including phenoxy) is 1. The van der Waals surface area contributed by atoms with Crippen LogP contribution < -0.4 is 9.64 Å². The van der Waals surface area contributed by atoms with Crippen molar-refractivity contribution >= 4 is 11.6 Å². The normalized spacial score (nSPS) is 15.2. The van der Waals surface area contributed by atoms with E-state index < -0.39 is 0 Å². The van der Waals surface area contributed by atoms with Gasteiger partial charge in [0.15, 0.2) is 12.4 Å². The van der Waals surface area contributed by atoms with Crippen molar-refractivity contribution in [3.8, 4) is 17.1 Å². The van der Waals surface area contributed by atoms with Crippen LogP contribution in [0.4, 0.5) is 5.69 Å². The van der Waals surface area contributed by atoms with Crippen LogP contribution in [0, 0.1) is 0 Å². The zero-order valence-electron chi connectivity index (χ0n) is 15.7. The van der Waals surface area contributed by atoms with Crippen LogP contribution in [-0.4, -0.2) is 33.8 Å². The van der Waals surface area contributed by atoms with Crippen molar-refractivity contribution in [2.24, 2.45) is 0 Å². The quantitative estimate of drug-likeness (QED) is 0.703. The van der Waals surface area contributed by atoms with E-state index >= 15 is 0 Å². The summed E-state index contributed by atoms with van der Waals surface area (Å²) in [5.41, 5.74) is 3.24. The Bertz CT molecular complexity index is 1010. The van der Waals surface area contributed by atoms with Crippen LogP contribution in [0.25, 0.3) is 11.4 Å². The molecule has 6 heteroatoms. The van der Waals surface area contributed by atoms with Crippen molar-refractivity contribution in [2.75, 3.05) is 18.1 Å². The number of benzene rings is 2. The molecule has 0 saturated carbocycles. The van der Waals surface area contributed by atoms with Crippen LogP contribution in [0.3, 0.4) is 0 Å². The topological polar surface area (TPSA) is 60.2 Å². The summed E-state index contributed by atoms with van der Waals surface area (Å²) in [6, 6.07) is 15.8. The molecule has 0 saturated heterocycles. The molecule has 1 amide bonds. The van der Waals surface area contributed by atoms with Crippen molar-refractivity contribution < 1.29 is 9.53 Å². The smallest absolute Gasteiger partial charge is 0.264 e. The second kappa shape index (κ2) is 7.11. The number of fused-ring (bicyclic) bond motifs is 2. The van der Waals surface area contributed by atoms with Gasteiger partial charge in [-0.1, -0.05) is 18.2 Å². The Labute approximate surface area is 163 Å². The van der Waals surface area contributed by atoms with Crippen molar-refractivity contribution in [1.29, 1.82) is 0 Å². The van der Waals surface area contributed by atoms with Crippen LogP contribution in [0.15, 0.2) is 48.5 Å². The molecular weight excluding hydrogens is 352 g/mol. The van der Waals surface area contributed by atoms with E-state index in [2.05, 4.69) is 20.8 Å². The van der Waals surface area contributed by atoms with Gasteiger partial charge in [0.05, 0.1) is 0 Å². The van der Waals surface area contributed by atoms with E-state index in [1.54, 1.807) is 0 Å². The van der Waals surface area contributed by atoms with Gasteiger partial charge in [-0.15, -0.1) is 10.2 Å². The molecule has 5 rings (SSSR count). The molecule has 2 aliphatic rings. The maximum absolute atomic E-state index is 12.6. The zero-order valence-corrected chi connectivity index (χ0v) is 15.7. The Balaban J connectivity index is 1.25. The Kier molecular flexibility index (Phi) is 4.31. The molecule has 1 aromatic heterocycles. The van der Waals surface area contributed by atoms with Gasteiger partial charge in [0, 0.05) is 30.8 Å². The fourth-order valence-corrected chi connectivity index (χ4v) is 4.04. The number of para-hydroxylation sites is 1. The second-order valence-corrected chi connectivity index (χ2v) is 7.29. The lowest BCUT2D eigenvalue weighted by Gasteiger charge is -2.17. The lowest BCUT2D eigenvalue weighted by atomic mass is 10.1. The third-order valence-electron chi connectivity index (χ3n) is 5.52. The van der Waals surface area contributed by atoms with Gasteiger partial charge in [0.25, 0.3) is 5.91 Å². The molecule has 0 aliphatic carbocycles. The Morgan fingerprint density at radius 3 is 2.71 bits per heavy atom. The van der Waals surface area contributed by atoms with E-state index in [1.165, 1.54) is 18.4 Å². The summed E-state index contributed by atoms with van der Waals surface area (Å²) in [4.78, 5) is 14.4. The van der Waals surface area contributed by atoms with Gasteiger partial charge in [0.2, 0.25) is 0 Å². The molecule has 0 fully saturated rings. The first-order chi connectivity index (χ1) is 13.8. The standard InChI is InChI=1S/C22H22N4O2/c27-21(25-14-12-16-5-1-2-6-19(16)25)15-28-18-10-8-17(9-11-18)22-24-23-20-7-3-4-13-26(20)22/h1-2,5-6,8-11H,3-4,7,12-15H2. The number of carbonyl (C=O) groups excluding carboxylic acids is 1. The molecule has 0 spiro atoms. The fourth-order valence-electron chi connectivity index (χ4n) is 4.04. The second-order valence-electron chi connectivity index (χ2n) is 7.29. The molecule has 0 radical (unpaired) electrons. The predicted octanol–water partition coefficient (Wildman–Crippen LogP) is 3.25. The molecule has 0 unspecified atom stereocenters. The van der Waals surface area contributed by atoms with E-state index in [4.69, 9.17) is 4.74 Å². The monoisotopic (exact) mass is 374 g/mol. The molecule has 142 valence electrons. The Morgan fingerprint density at radius 2 is 1.82 bits per heavy atom. The highest BCUT2D eigenvalue weighted by Gasteiger charge is 2.24. The van der Waals surface area contributed by atoms with E-state index in [9.17, 15) is 4.79 Å². The number of rotatable bonds is 4. The minimum Gasteiger partial charge on any atom is -0.484 e. The SMILES string of the molecule is O=C(COc1ccc(-c2nnc3n2CCCC3)cc1)N1CCc2ccccc21. The third kappa shape index (κ3) is 3.05. The van der Waals surface area contributed by atoms with Gasteiger partial charge in [0.1, 0.15) is 11.6 Å². The number of carbonyl (C=O) groups is 1. The van der Waals surface area contributed by atoms with E-state index in [0.717, 1.165) is 48.8 Å². The summed E-state index contributed by atoms with van der Waals surface area (Å²) in [5, 5.41) is 8.67. The fraction of sp³-hybridized carbons (Fsp3) is 0.318. The molecular formula is C22H22N4O2. The largest absolute Gasteiger partial charge is 0.484 e. The summed E-state index contributed by atoms with van der Waals surface area (Å²) >= 11 is 0. The number of nitrogens with zero attached hydrogens (tertiary/aromatic N) is 4. The van der Waals surface area contributed by atoms with Gasteiger partial charge in [-0.25, -0.2) is 0 Å². The van der Waals surface area contributed by atoms with Crippen LogP contribution >= 0.6 is 0 Å². The molecule has 2 aliphatic heterocycles. The van der Waals surface area contributed by atoms with E-state index in [1.807, 2.05) is 47.4 Å². The molecule has 0 atom stereocenters. The van der Waals surface area contributed by atoms with Crippen molar-refractivity contribution in [3.05, 3.63) is 59.9 Å². The van der Waals surface area contributed by atoms with Crippen LogP contribution in [0.1, 0.15) is 24.2 Å². The highest BCUT2D eigenvalue weighted by atomic mass is 16.5. The summed E-state index contributed by atoms with van der Waals surface area (Å²) in [6.07, 6.45) is 4.25. The van der Waals surface area contributed by atoms with Crippen LogP contribution in [0.5, 0.6) is 5.75 Å². The molecule has 3 heterocycles. The van der Waals surface area contributed by atoms with Crippen LogP contribution in [-0.2, 0) is 24.2 Å². The summed E-state index contributed by atoms with van der Waals surface area (Å²) < 4.78 is 7.95. The molecule has 3 aromatic rings. The Morgan fingerprint density at radius 1 is 0.964 bits per heavy atom. The first-order valence-electron chi connectivity index (χ1n) is 9.83. The number of hydrogen-bond acceptors (Lipinski definition) is 4. The lowest BCUT2D eigenvalue weighted by Crippen LogP contribution is -2.33. The minimum absolute atomic E-state index is 0.0134. The van der Waals surface area contributed by atoms with Gasteiger partial charge in [-0.3, -0.25) is 4.79 Å². The minimum atomic E-state index is -0.0134. The number of anilines is 1. The zero-order chi connectivity index (χ0) is 18.9. The highest BCUT2D eigenvalue weighted by molar-refractivity contribution is 5.96. The number of aryl methyl sites for hydroxylation is 1. The molecule has 0 bridgehead atoms. The van der Waals surface area contributed by atoms with Crippen molar-refractivity contribution in [1.82, 2.24) is 14.8 Å². The van der Waals surface area contributed by atoms with Crippen molar-refractivity contribution in [3.63, 3.8) is 0 Å². The molecule has 28 heavy (non-hydrogen) atoms. The highest BCUT2D eigenvalue weighted by Crippen LogP contribution is 2.28. The maximum Gasteiger partial charge on any atom is 0.264 e. The molecule has 2 aromatic carbocycles. The van der Waals surface area contributed by atoms with Crippen molar-refractivity contribution in [2.45, 2.75) is 32.2 Å². The van der Waals surface area contributed by atoms with Gasteiger partial charge >= 0.3 is 0 Å². The van der Waals surface area contributed by atoms with Gasteiger partial charge in [-0.05, 0) is 55.2 Å². The average Bonchev–Trinajstić information content (AvgIpc) is 3.37. The van der Waals surface area contributed by atoms with Crippen LogP contribution in [0.2, 0.25) is 0 Å².